The summed E-state index contributed by atoms with van der Waals surface area (Å²) in [6.45, 7) is 2.38. The van der Waals surface area contributed by atoms with E-state index in [1.165, 1.54) is 0 Å². The van der Waals surface area contributed by atoms with Crippen molar-refractivity contribution in [3.8, 4) is 23.0 Å². The van der Waals surface area contributed by atoms with Gasteiger partial charge in [-0.05, 0) is 18.2 Å². The number of nitrogens with one attached hydrogen (secondary N) is 1. The molecule has 0 fully saturated rings. The highest BCUT2D eigenvalue weighted by atomic mass is 16.5. The Bertz CT molecular complexity index is 1090. The summed E-state index contributed by atoms with van der Waals surface area (Å²) in [5, 5.41) is 3.26. The summed E-state index contributed by atoms with van der Waals surface area (Å²) in [6.07, 6.45) is 2.74. The van der Waals surface area contributed by atoms with Crippen molar-refractivity contribution in [2.75, 3.05) is 40.3 Å². The maximum Gasteiger partial charge on any atom is 0.227 e. The minimum atomic E-state index is 0.572. The van der Waals surface area contributed by atoms with E-state index in [1.807, 2.05) is 42.6 Å². The number of nitrogens with zero attached hydrogens (tertiary/aromatic N) is 3. The van der Waals surface area contributed by atoms with Crippen molar-refractivity contribution in [3.05, 3.63) is 59.4 Å². The molecule has 3 aromatic rings. The van der Waals surface area contributed by atoms with Gasteiger partial charge in [-0.15, -0.1) is 0 Å². The molecule has 0 bridgehead atoms. The normalized spacial score (nSPS) is 13.2. The number of rotatable bonds is 8. The van der Waals surface area contributed by atoms with Gasteiger partial charge in [-0.2, -0.15) is 0 Å². The van der Waals surface area contributed by atoms with Crippen LogP contribution in [0.2, 0.25) is 0 Å². The molecule has 0 saturated carbocycles. The van der Waals surface area contributed by atoms with Crippen molar-refractivity contribution in [1.29, 1.82) is 0 Å². The lowest BCUT2D eigenvalue weighted by atomic mass is 10.1. The molecule has 1 N–H and O–H groups in total. The zero-order chi connectivity index (χ0) is 22.5. The molecule has 0 radical (unpaired) electrons. The van der Waals surface area contributed by atoms with Gasteiger partial charge in [0, 0.05) is 49.4 Å². The van der Waals surface area contributed by atoms with Crippen LogP contribution in [0.5, 0.6) is 23.0 Å². The predicted molar refractivity (Wildman–Crippen MR) is 122 cm³/mol. The average Bonchev–Trinajstić information content (AvgIpc) is 2.84. The SMILES string of the molecule is COc1cc(OC)c(OC)cc1CN1CCc2nc(Nc3ccccc3OC)ncc2C1. The number of anilines is 2. The fraction of sp³-hybridized carbons (Fsp3) is 0.333. The van der Waals surface area contributed by atoms with Crippen molar-refractivity contribution < 1.29 is 18.9 Å². The highest BCUT2D eigenvalue weighted by Crippen LogP contribution is 2.36. The molecule has 0 unspecified atom stereocenters. The molecule has 2 heterocycles. The Morgan fingerprint density at radius 1 is 0.906 bits per heavy atom. The first-order chi connectivity index (χ1) is 15.6. The fourth-order valence-corrected chi connectivity index (χ4v) is 3.90. The van der Waals surface area contributed by atoms with Gasteiger partial charge in [-0.25, -0.2) is 9.97 Å². The first-order valence-corrected chi connectivity index (χ1v) is 10.4. The molecule has 0 amide bonds. The van der Waals surface area contributed by atoms with E-state index >= 15 is 0 Å². The molecule has 1 aromatic heterocycles. The van der Waals surface area contributed by atoms with E-state index < -0.39 is 0 Å². The summed E-state index contributed by atoms with van der Waals surface area (Å²) in [5.41, 5.74) is 4.08. The molecule has 1 aliphatic rings. The molecule has 8 nitrogen and oxygen atoms in total. The van der Waals surface area contributed by atoms with Gasteiger partial charge in [-0.3, -0.25) is 4.90 Å². The molecule has 0 spiro atoms. The maximum atomic E-state index is 5.58. The minimum Gasteiger partial charge on any atom is -0.496 e. The Kier molecular flexibility index (Phi) is 6.61. The molecule has 4 rings (SSSR count). The van der Waals surface area contributed by atoms with Crippen molar-refractivity contribution in [3.63, 3.8) is 0 Å². The second kappa shape index (κ2) is 9.74. The average molecular weight is 437 g/mol. The monoisotopic (exact) mass is 436 g/mol. The second-order valence-corrected chi connectivity index (χ2v) is 7.47. The van der Waals surface area contributed by atoms with Gasteiger partial charge in [0.2, 0.25) is 5.95 Å². The Hall–Kier alpha value is -3.52. The molecular formula is C24H28N4O4. The van der Waals surface area contributed by atoms with Gasteiger partial charge >= 0.3 is 0 Å². The summed E-state index contributed by atoms with van der Waals surface area (Å²) in [6, 6.07) is 11.6. The van der Waals surface area contributed by atoms with E-state index in [9.17, 15) is 0 Å². The van der Waals surface area contributed by atoms with Gasteiger partial charge in [0.05, 0.1) is 39.8 Å². The van der Waals surface area contributed by atoms with E-state index in [2.05, 4.69) is 15.2 Å². The number of hydrogen-bond donors (Lipinski definition) is 1. The van der Waals surface area contributed by atoms with Crippen LogP contribution in [0.25, 0.3) is 0 Å². The number of para-hydroxylation sites is 2. The van der Waals surface area contributed by atoms with E-state index in [4.69, 9.17) is 23.9 Å². The second-order valence-electron chi connectivity index (χ2n) is 7.47. The zero-order valence-electron chi connectivity index (χ0n) is 18.8. The van der Waals surface area contributed by atoms with Gasteiger partial charge in [0.1, 0.15) is 11.5 Å². The van der Waals surface area contributed by atoms with Crippen molar-refractivity contribution in [2.24, 2.45) is 0 Å². The molecule has 1 aliphatic heterocycles. The molecule has 32 heavy (non-hydrogen) atoms. The lowest BCUT2D eigenvalue weighted by Gasteiger charge is -2.29. The third kappa shape index (κ3) is 4.55. The Morgan fingerprint density at radius 3 is 2.38 bits per heavy atom. The zero-order valence-corrected chi connectivity index (χ0v) is 18.8. The van der Waals surface area contributed by atoms with Crippen LogP contribution in [-0.4, -0.2) is 49.9 Å². The molecule has 0 aliphatic carbocycles. The van der Waals surface area contributed by atoms with Crippen LogP contribution < -0.4 is 24.3 Å². The van der Waals surface area contributed by atoms with Gasteiger partial charge in [0.15, 0.2) is 11.5 Å². The quantitative estimate of drug-likeness (QED) is 0.571. The van der Waals surface area contributed by atoms with Crippen LogP contribution >= 0.6 is 0 Å². The third-order valence-electron chi connectivity index (χ3n) is 5.55. The number of aromatic nitrogens is 2. The van der Waals surface area contributed by atoms with Crippen LogP contribution in [0.4, 0.5) is 11.6 Å². The van der Waals surface area contributed by atoms with Crippen molar-refractivity contribution >= 4 is 11.6 Å². The predicted octanol–water partition coefficient (Wildman–Crippen LogP) is 3.81. The molecule has 0 atom stereocenters. The largest absolute Gasteiger partial charge is 0.496 e. The van der Waals surface area contributed by atoms with Gasteiger partial charge < -0.3 is 24.3 Å². The van der Waals surface area contributed by atoms with E-state index in [-0.39, 0.29) is 0 Å². The first-order valence-electron chi connectivity index (χ1n) is 10.4. The summed E-state index contributed by atoms with van der Waals surface area (Å²) >= 11 is 0. The number of hydrogen-bond acceptors (Lipinski definition) is 8. The number of methoxy groups -OCH3 is 4. The lowest BCUT2D eigenvalue weighted by molar-refractivity contribution is 0.238. The van der Waals surface area contributed by atoms with Crippen LogP contribution in [0.3, 0.4) is 0 Å². The topological polar surface area (TPSA) is 78.0 Å². The van der Waals surface area contributed by atoms with Crippen LogP contribution in [-0.2, 0) is 19.5 Å². The third-order valence-corrected chi connectivity index (χ3v) is 5.55. The molecule has 0 saturated heterocycles. The summed E-state index contributed by atoms with van der Waals surface area (Å²) in [7, 11) is 6.57. The molecule has 168 valence electrons. The Labute approximate surface area is 188 Å². The Morgan fingerprint density at radius 2 is 1.62 bits per heavy atom. The molecular weight excluding hydrogens is 408 g/mol. The standard InChI is InChI=1S/C24H28N4O4/c1-29-20-8-6-5-7-19(20)27-24-25-13-17-15-28(10-9-18(17)26-24)14-16-11-22(31-3)23(32-4)12-21(16)30-2/h5-8,11-13H,9-10,14-15H2,1-4H3,(H,25,26,27). The van der Waals surface area contributed by atoms with Crippen molar-refractivity contribution in [2.45, 2.75) is 19.5 Å². The van der Waals surface area contributed by atoms with Crippen molar-refractivity contribution in [1.82, 2.24) is 14.9 Å². The lowest BCUT2D eigenvalue weighted by Crippen LogP contribution is -2.31. The fourth-order valence-electron chi connectivity index (χ4n) is 3.90. The van der Waals surface area contributed by atoms with E-state index in [1.54, 1.807) is 28.4 Å². The summed E-state index contributed by atoms with van der Waals surface area (Å²) in [5.74, 6) is 3.45. The molecule has 2 aromatic carbocycles. The van der Waals surface area contributed by atoms with Gasteiger partial charge in [-0.1, -0.05) is 12.1 Å². The van der Waals surface area contributed by atoms with E-state index in [0.717, 1.165) is 60.1 Å². The Balaban J connectivity index is 1.49. The van der Waals surface area contributed by atoms with Gasteiger partial charge in [0.25, 0.3) is 0 Å². The highest BCUT2D eigenvalue weighted by Gasteiger charge is 2.21. The summed E-state index contributed by atoms with van der Waals surface area (Å²) < 4.78 is 21.8. The minimum absolute atomic E-state index is 0.572. The maximum absolute atomic E-state index is 5.58. The number of benzene rings is 2. The number of fused-ring (bicyclic) bond motifs is 1. The molecule has 8 heteroatoms. The van der Waals surface area contributed by atoms with E-state index in [0.29, 0.717) is 17.4 Å². The smallest absolute Gasteiger partial charge is 0.227 e. The highest BCUT2D eigenvalue weighted by molar-refractivity contribution is 5.62. The van der Waals surface area contributed by atoms with Crippen LogP contribution in [0.1, 0.15) is 16.8 Å². The first kappa shape index (κ1) is 21.7. The van der Waals surface area contributed by atoms with Crippen LogP contribution in [0.15, 0.2) is 42.6 Å². The summed E-state index contributed by atoms with van der Waals surface area (Å²) in [4.78, 5) is 11.6. The number of ether oxygens (including phenoxy) is 4. The van der Waals surface area contributed by atoms with Crippen LogP contribution in [0, 0.1) is 0 Å².